The highest BCUT2D eigenvalue weighted by Gasteiger charge is 2.19. The van der Waals surface area contributed by atoms with Gasteiger partial charge in [-0.3, -0.25) is 0 Å². The van der Waals surface area contributed by atoms with Crippen LogP contribution >= 0.6 is 0 Å². The molecular weight excluding hydrogens is 234 g/mol. The van der Waals surface area contributed by atoms with Gasteiger partial charge in [-0.2, -0.15) is 0 Å². The minimum Gasteiger partial charge on any atom is -0.491 e. The minimum absolute atomic E-state index is 0.171. The lowest BCUT2D eigenvalue weighted by molar-refractivity contribution is 0.242. The van der Waals surface area contributed by atoms with Gasteiger partial charge in [-0.1, -0.05) is 0 Å². The second kappa shape index (κ2) is 5.65. The Bertz CT molecular complexity index is 383. The van der Waals surface area contributed by atoms with Crippen molar-refractivity contribution < 1.29 is 8.95 Å². The molecule has 3 nitrogen and oxygen atoms in total. The third-order valence-electron chi connectivity index (χ3n) is 2.70. The van der Waals surface area contributed by atoms with Crippen molar-refractivity contribution in [2.75, 3.05) is 13.1 Å². The monoisotopic (exact) mass is 253 g/mol. The van der Waals surface area contributed by atoms with E-state index in [4.69, 9.17) is 4.74 Å². The molecule has 1 unspecified atom stereocenters. The van der Waals surface area contributed by atoms with Gasteiger partial charge in [0.1, 0.15) is 16.7 Å². The van der Waals surface area contributed by atoms with Gasteiger partial charge < -0.3 is 4.74 Å². The number of hydrogen-bond acceptors (Lipinski definition) is 2. The van der Waals surface area contributed by atoms with Crippen LogP contribution in [-0.4, -0.2) is 27.7 Å². The second-order valence-corrected chi connectivity index (χ2v) is 6.01. The average Bonchev–Trinajstić information content (AvgIpc) is 2.82. The first kappa shape index (κ1) is 12.6. The molecule has 0 aromatic heterocycles. The van der Waals surface area contributed by atoms with E-state index in [0.717, 1.165) is 36.6 Å². The van der Waals surface area contributed by atoms with Crippen LogP contribution in [0.1, 0.15) is 26.7 Å². The van der Waals surface area contributed by atoms with E-state index in [2.05, 4.69) is 0 Å². The Hall–Kier alpha value is -0.870. The third-order valence-corrected chi connectivity index (χ3v) is 4.21. The summed E-state index contributed by atoms with van der Waals surface area (Å²) in [5, 5.41) is 0. The van der Waals surface area contributed by atoms with Crippen molar-refractivity contribution in [3.05, 3.63) is 24.3 Å². The normalized spacial score (nSPS) is 18.5. The van der Waals surface area contributed by atoms with Crippen LogP contribution in [0.2, 0.25) is 0 Å². The zero-order chi connectivity index (χ0) is 12.3. The molecule has 1 saturated heterocycles. The molecule has 0 amide bonds. The molecule has 4 heteroatoms. The topological polar surface area (TPSA) is 29.5 Å². The van der Waals surface area contributed by atoms with Gasteiger partial charge in [0.05, 0.1) is 11.0 Å². The van der Waals surface area contributed by atoms with E-state index < -0.39 is 11.0 Å². The number of rotatable bonds is 4. The quantitative estimate of drug-likeness (QED) is 0.825. The number of nitrogens with zero attached hydrogens (tertiary/aromatic N) is 1. The molecule has 2 rings (SSSR count). The molecule has 94 valence electrons. The largest absolute Gasteiger partial charge is 0.491 e. The van der Waals surface area contributed by atoms with Gasteiger partial charge in [0, 0.05) is 13.1 Å². The Morgan fingerprint density at radius 2 is 1.76 bits per heavy atom. The Labute approximate surface area is 105 Å². The fraction of sp³-hybridized carbons (Fsp3) is 0.538. The summed E-state index contributed by atoms with van der Waals surface area (Å²) < 4.78 is 19.8. The van der Waals surface area contributed by atoms with Gasteiger partial charge in [-0.25, -0.2) is 8.51 Å². The Kier molecular flexibility index (Phi) is 4.18. The summed E-state index contributed by atoms with van der Waals surface area (Å²) in [6.45, 7) is 5.88. The van der Waals surface area contributed by atoms with Gasteiger partial charge >= 0.3 is 0 Å². The van der Waals surface area contributed by atoms with Crippen LogP contribution in [0.5, 0.6) is 5.75 Å². The second-order valence-electron chi connectivity index (χ2n) is 4.52. The summed E-state index contributed by atoms with van der Waals surface area (Å²) in [4.78, 5) is 0.864. The van der Waals surface area contributed by atoms with Crippen molar-refractivity contribution in [3.63, 3.8) is 0 Å². The highest BCUT2D eigenvalue weighted by molar-refractivity contribution is 7.82. The van der Waals surface area contributed by atoms with Crippen LogP contribution in [0, 0.1) is 0 Å². The average molecular weight is 253 g/mol. The molecule has 17 heavy (non-hydrogen) atoms. The molecular formula is C13H19NO2S. The van der Waals surface area contributed by atoms with Gasteiger partial charge in [-0.05, 0) is 51.0 Å². The molecule has 1 aliphatic heterocycles. The maximum Gasteiger partial charge on any atom is 0.127 e. The lowest BCUT2D eigenvalue weighted by atomic mass is 10.3. The highest BCUT2D eigenvalue weighted by Crippen LogP contribution is 2.20. The van der Waals surface area contributed by atoms with Crippen molar-refractivity contribution in [1.29, 1.82) is 0 Å². The summed E-state index contributed by atoms with van der Waals surface area (Å²) in [6.07, 6.45) is 2.48. The molecule has 0 spiro atoms. The summed E-state index contributed by atoms with van der Waals surface area (Å²) >= 11 is 0. The summed E-state index contributed by atoms with van der Waals surface area (Å²) in [7, 11) is -1.00. The van der Waals surface area contributed by atoms with Crippen LogP contribution in [0.25, 0.3) is 0 Å². The molecule has 0 aliphatic carbocycles. The molecule has 1 fully saturated rings. The van der Waals surface area contributed by atoms with E-state index in [1.54, 1.807) is 0 Å². The first-order valence-corrected chi connectivity index (χ1v) is 7.21. The standard InChI is InChI=1S/C13H19NO2S/c1-11(2)16-12-5-7-13(8-6-12)17(15)14-9-3-4-10-14/h5-8,11H,3-4,9-10H2,1-2H3. The lowest BCUT2D eigenvalue weighted by Gasteiger charge is -2.14. The van der Waals surface area contributed by atoms with E-state index in [-0.39, 0.29) is 6.10 Å². The van der Waals surface area contributed by atoms with E-state index >= 15 is 0 Å². The zero-order valence-corrected chi connectivity index (χ0v) is 11.2. The Morgan fingerprint density at radius 1 is 1.18 bits per heavy atom. The van der Waals surface area contributed by atoms with Gasteiger partial charge in [0.15, 0.2) is 0 Å². The van der Waals surface area contributed by atoms with Gasteiger partial charge in [0.25, 0.3) is 0 Å². The molecule has 1 atom stereocenters. The molecule has 0 radical (unpaired) electrons. The molecule has 0 bridgehead atoms. The smallest absolute Gasteiger partial charge is 0.127 e. The van der Waals surface area contributed by atoms with Crippen molar-refractivity contribution in [1.82, 2.24) is 4.31 Å². The van der Waals surface area contributed by atoms with Crippen molar-refractivity contribution >= 4 is 11.0 Å². The number of hydrogen-bond donors (Lipinski definition) is 0. The molecule has 1 heterocycles. The summed E-state index contributed by atoms with van der Waals surface area (Å²) in [6, 6.07) is 7.57. The summed E-state index contributed by atoms with van der Waals surface area (Å²) in [5.41, 5.74) is 0. The first-order chi connectivity index (χ1) is 8.16. The van der Waals surface area contributed by atoms with Crippen molar-refractivity contribution in [2.24, 2.45) is 0 Å². The Morgan fingerprint density at radius 3 is 2.29 bits per heavy atom. The lowest BCUT2D eigenvalue weighted by Crippen LogP contribution is -2.21. The third kappa shape index (κ3) is 3.30. The van der Waals surface area contributed by atoms with Crippen LogP contribution in [0.15, 0.2) is 29.2 Å². The Balaban J connectivity index is 2.04. The van der Waals surface area contributed by atoms with Gasteiger partial charge in [-0.15, -0.1) is 0 Å². The van der Waals surface area contributed by atoms with E-state index in [1.165, 1.54) is 0 Å². The minimum atomic E-state index is -1.00. The fourth-order valence-corrected chi connectivity index (χ4v) is 3.17. The van der Waals surface area contributed by atoms with Crippen molar-refractivity contribution in [2.45, 2.75) is 37.7 Å². The number of benzene rings is 1. The van der Waals surface area contributed by atoms with Crippen LogP contribution < -0.4 is 4.74 Å². The molecule has 1 aromatic rings. The first-order valence-electron chi connectivity index (χ1n) is 6.10. The predicted molar refractivity (Wildman–Crippen MR) is 69.4 cm³/mol. The van der Waals surface area contributed by atoms with E-state index in [0.29, 0.717) is 0 Å². The van der Waals surface area contributed by atoms with Crippen LogP contribution in [0.4, 0.5) is 0 Å². The highest BCUT2D eigenvalue weighted by atomic mass is 32.2. The maximum absolute atomic E-state index is 12.2. The van der Waals surface area contributed by atoms with Crippen LogP contribution in [0.3, 0.4) is 0 Å². The predicted octanol–water partition coefficient (Wildman–Crippen LogP) is 2.59. The fourth-order valence-electron chi connectivity index (χ4n) is 1.91. The zero-order valence-electron chi connectivity index (χ0n) is 10.4. The maximum atomic E-state index is 12.2. The van der Waals surface area contributed by atoms with Gasteiger partial charge in [0.2, 0.25) is 0 Å². The summed E-state index contributed by atoms with van der Waals surface area (Å²) in [5.74, 6) is 0.835. The van der Waals surface area contributed by atoms with E-state index in [9.17, 15) is 4.21 Å². The van der Waals surface area contributed by atoms with Crippen molar-refractivity contribution in [3.8, 4) is 5.75 Å². The molecule has 1 aliphatic rings. The molecule has 1 aromatic carbocycles. The van der Waals surface area contributed by atoms with E-state index in [1.807, 2.05) is 42.4 Å². The molecule has 0 saturated carbocycles. The molecule has 0 N–H and O–H groups in total. The number of ether oxygens (including phenoxy) is 1. The SMILES string of the molecule is CC(C)Oc1ccc(S(=O)N2CCCC2)cc1. The van der Waals surface area contributed by atoms with Crippen LogP contribution in [-0.2, 0) is 11.0 Å².